The van der Waals surface area contributed by atoms with Crippen molar-refractivity contribution in [1.29, 1.82) is 0 Å². The molecule has 1 aliphatic heterocycles. The zero-order valence-electron chi connectivity index (χ0n) is 15.5. The van der Waals surface area contributed by atoms with Crippen molar-refractivity contribution in [1.82, 2.24) is 5.32 Å². The number of benzene rings is 2. The van der Waals surface area contributed by atoms with E-state index in [1.165, 1.54) is 0 Å². The summed E-state index contributed by atoms with van der Waals surface area (Å²) in [6.07, 6.45) is 3.20. The Morgan fingerprint density at radius 2 is 1.88 bits per heavy atom. The Kier molecular flexibility index (Phi) is 5.71. The van der Waals surface area contributed by atoms with Gasteiger partial charge in [-0.2, -0.15) is 0 Å². The van der Waals surface area contributed by atoms with Crippen LogP contribution >= 0.6 is 0 Å². The molecule has 2 aromatic carbocycles. The van der Waals surface area contributed by atoms with E-state index in [0.717, 1.165) is 36.1 Å². The summed E-state index contributed by atoms with van der Waals surface area (Å²) in [6.45, 7) is 4.70. The molecular weight excluding hydrogens is 324 g/mol. The highest BCUT2D eigenvalue weighted by Gasteiger charge is 2.25. The van der Waals surface area contributed by atoms with Crippen molar-refractivity contribution in [2.75, 3.05) is 11.4 Å². The Balaban J connectivity index is 1.77. The SMILES string of the molecule is CCCC(NC(=O)c1ccc2c(c1)CCN2C(=O)CC)c1ccccc1. The third-order valence-corrected chi connectivity index (χ3v) is 4.93. The molecule has 3 rings (SSSR count). The predicted octanol–water partition coefficient (Wildman–Crippen LogP) is 4.26. The molecule has 0 radical (unpaired) electrons. The summed E-state index contributed by atoms with van der Waals surface area (Å²) in [5.74, 6) is 0.0726. The highest BCUT2D eigenvalue weighted by atomic mass is 16.2. The van der Waals surface area contributed by atoms with Gasteiger partial charge < -0.3 is 10.2 Å². The second kappa shape index (κ2) is 8.17. The number of rotatable bonds is 6. The van der Waals surface area contributed by atoms with E-state index in [4.69, 9.17) is 0 Å². The highest BCUT2D eigenvalue weighted by Crippen LogP contribution is 2.29. The third-order valence-electron chi connectivity index (χ3n) is 4.93. The molecule has 0 bridgehead atoms. The number of fused-ring (bicyclic) bond motifs is 1. The van der Waals surface area contributed by atoms with Gasteiger partial charge in [-0.25, -0.2) is 0 Å². The number of hydrogen-bond donors (Lipinski definition) is 1. The van der Waals surface area contributed by atoms with E-state index in [9.17, 15) is 9.59 Å². The maximum Gasteiger partial charge on any atom is 0.251 e. The van der Waals surface area contributed by atoms with Crippen molar-refractivity contribution in [3.8, 4) is 0 Å². The van der Waals surface area contributed by atoms with Crippen molar-refractivity contribution in [3.05, 3.63) is 65.2 Å². The molecule has 4 heteroatoms. The van der Waals surface area contributed by atoms with Crippen LogP contribution in [-0.4, -0.2) is 18.4 Å². The van der Waals surface area contributed by atoms with Crippen LogP contribution in [0.5, 0.6) is 0 Å². The summed E-state index contributed by atoms with van der Waals surface area (Å²) in [6, 6.07) is 15.8. The van der Waals surface area contributed by atoms with Gasteiger partial charge in [-0.1, -0.05) is 50.6 Å². The highest BCUT2D eigenvalue weighted by molar-refractivity contribution is 5.98. The molecule has 1 unspecified atom stereocenters. The van der Waals surface area contributed by atoms with Crippen molar-refractivity contribution >= 4 is 17.5 Å². The zero-order chi connectivity index (χ0) is 18.5. The first kappa shape index (κ1) is 18.2. The molecule has 0 saturated carbocycles. The summed E-state index contributed by atoms with van der Waals surface area (Å²) in [5.41, 5.74) is 3.81. The molecule has 26 heavy (non-hydrogen) atoms. The molecule has 1 atom stereocenters. The number of anilines is 1. The summed E-state index contributed by atoms with van der Waals surface area (Å²) >= 11 is 0. The van der Waals surface area contributed by atoms with Crippen LogP contribution in [0.25, 0.3) is 0 Å². The van der Waals surface area contributed by atoms with Gasteiger partial charge in [0.1, 0.15) is 0 Å². The van der Waals surface area contributed by atoms with Gasteiger partial charge in [-0.15, -0.1) is 0 Å². The van der Waals surface area contributed by atoms with E-state index in [-0.39, 0.29) is 17.9 Å². The third kappa shape index (κ3) is 3.79. The quantitative estimate of drug-likeness (QED) is 0.846. The van der Waals surface area contributed by atoms with Crippen LogP contribution in [0.3, 0.4) is 0 Å². The lowest BCUT2D eigenvalue weighted by atomic mass is 10.0. The Morgan fingerprint density at radius 1 is 1.12 bits per heavy atom. The standard InChI is InChI=1S/C22H26N2O2/c1-3-8-19(16-9-6-5-7-10-16)23-22(26)18-11-12-20-17(15-18)13-14-24(20)21(25)4-2/h5-7,9-12,15,19H,3-4,8,13-14H2,1-2H3,(H,23,26). The van der Waals surface area contributed by atoms with Gasteiger partial charge in [-0.05, 0) is 42.2 Å². The number of nitrogens with zero attached hydrogens (tertiary/aromatic N) is 1. The average Bonchev–Trinajstić information content (AvgIpc) is 3.11. The first-order valence-corrected chi connectivity index (χ1v) is 9.43. The zero-order valence-corrected chi connectivity index (χ0v) is 15.5. The largest absolute Gasteiger partial charge is 0.345 e. The first-order chi connectivity index (χ1) is 12.6. The summed E-state index contributed by atoms with van der Waals surface area (Å²) in [5, 5.41) is 3.17. The predicted molar refractivity (Wildman–Crippen MR) is 104 cm³/mol. The van der Waals surface area contributed by atoms with E-state index < -0.39 is 0 Å². The molecule has 136 valence electrons. The smallest absolute Gasteiger partial charge is 0.251 e. The molecular formula is C22H26N2O2. The summed E-state index contributed by atoms with van der Waals surface area (Å²) < 4.78 is 0. The lowest BCUT2D eigenvalue weighted by Gasteiger charge is -2.19. The van der Waals surface area contributed by atoms with Crippen molar-refractivity contribution in [2.24, 2.45) is 0 Å². The van der Waals surface area contributed by atoms with Crippen LogP contribution in [0.1, 0.15) is 60.6 Å². The normalized spacial score (nSPS) is 14.0. The summed E-state index contributed by atoms with van der Waals surface area (Å²) in [4.78, 5) is 26.6. The van der Waals surface area contributed by atoms with Gasteiger partial charge in [-0.3, -0.25) is 9.59 Å². The fourth-order valence-corrected chi connectivity index (χ4v) is 3.53. The maximum atomic E-state index is 12.8. The van der Waals surface area contributed by atoms with Crippen molar-refractivity contribution in [3.63, 3.8) is 0 Å². The average molecular weight is 350 g/mol. The van der Waals surface area contributed by atoms with Crippen LogP contribution in [-0.2, 0) is 11.2 Å². The van der Waals surface area contributed by atoms with Gasteiger partial charge in [0.15, 0.2) is 0 Å². The van der Waals surface area contributed by atoms with Crippen molar-refractivity contribution in [2.45, 2.75) is 45.6 Å². The maximum absolute atomic E-state index is 12.8. The molecule has 4 nitrogen and oxygen atoms in total. The van der Waals surface area contributed by atoms with E-state index >= 15 is 0 Å². The van der Waals surface area contributed by atoms with E-state index in [2.05, 4.69) is 24.4 Å². The lowest BCUT2D eigenvalue weighted by Crippen LogP contribution is -2.29. The van der Waals surface area contributed by atoms with Crippen LogP contribution < -0.4 is 10.2 Å². The molecule has 0 spiro atoms. The van der Waals surface area contributed by atoms with E-state index in [0.29, 0.717) is 18.5 Å². The van der Waals surface area contributed by atoms with Crippen molar-refractivity contribution < 1.29 is 9.59 Å². The minimum Gasteiger partial charge on any atom is -0.345 e. The van der Waals surface area contributed by atoms with Gasteiger partial charge >= 0.3 is 0 Å². The van der Waals surface area contributed by atoms with Crippen LogP contribution in [0.15, 0.2) is 48.5 Å². The van der Waals surface area contributed by atoms with Gasteiger partial charge in [0, 0.05) is 24.2 Å². The second-order valence-electron chi connectivity index (χ2n) is 6.72. The Labute approximate surface area is 155 Å². The lowest BCUT2D eigenvalue weighted by molar-refractivity contribution is -0.118. The topological polar surface area (TPSA) is 49.4 Å². The molecule has 1 N–H and O–H groups in total. The monoisotopic (exact) mass is 350 g/mol. The minimum atomic E-state index is -0.0598. The molecule has 0 saturated heterocycles. The fraction of sp³-hybridized carbons (Fsp3) is 0.364. The number of hydrogen-bond acceptors (Lipinski definition) is 2. The second-order valence-corrected chi connectivity index (χ2v) is 6.72. The fourth-order valence-electron chi connectivity index (χ4n) is 3.53. The van der Waals surface area contributed by atoms with Gasteiger partial charge in [0.2, 0.25) is 5.91 Å². The van der Waals surface area contributed by atoms with Gasteiger partial charge in [0.25, 0.3) is 5.91 Å². The Morgan fingerprint density at radius 3 is 2.58 bits per heavy atom. The number of amides is 2. The van der Waals surface area contributed by atoms with E-state index in [1.807, 2.05) is 48.2 Å². The number of carbonyl (C=O) groups is 2. The molecule has 2 aromatic rings. The first-order valence-electron chi connectivity index (χ1n) is 9.43. The molecule has 1 aliphatic rings. The van der Waals surface area contributed by atoms with Crippen LogP contribution in [0.4, 0.5) is 5.69 Å². The van der Waals surface area contributed by atoms with Crippen LogP contribution in [0, 0.1) is 0 Å². The molecule has 2 amide bonds. The Bertz CT molecular complexity index is 786. The molecule has 0 aromatic heterocycles. The minimum absolute atomic E-state index is 0.0140. The van der Waals surface area contributed by atoms with E-state index in [1.54, 1.807) is 0 Å². The molecule has 0 fully saturated rings. The Hall–Kier alpha value is -2.62. The van der Waals surface area contributed by atoms with Gasteiger partial charge in [0.05, 0.1) is 6.04 Å². The molecule has 1 heterocycles. The van der Waals surface area contributed by atoms with Crippen LogP contribution in [0.2, 0.25) is 0 Å². The molecule has 0 aliphatic carbocycles. The summed E-state index contributed by atoms with van der Waals surface area (Å²) in [7, 11) is 0. The number of nitrogens with one attached hydrogen (secondary N) is 1. The number of carbonyl (C=O) groups excluding carboxylic acids is 2.